The predicted octanol–water partition coefficient (Wildman–Crippen LogP) is 5.74. The van der Waals surface area contributed by atoms with Gasteiger partial charge in [0.25, 0.3) is 0 Å². The number of rotatable bonds is 3. The third-order valence-corrected chi connectivity index (χ3v) is 4.24. The van der Waals surface area contributed by atoms with Gasteiger partial charge >= 0.3 is 0 Å². The molecular formula is C18H28. The van der Waals surface area contributed by atoms with Crippen LogP contribution >= 0.6 is 0 Å². The van der Waals surface area contributed by atoms with Crippen LogP contribution in [0.5, 0.6) is 0 Å². The lowest BCUT2D eigenvalue weighted by molar-refractivity contribution is 0.306. The molecule has 0 spiro atoms. The van der Waals surface area contributed by atoms with Gasteiger partial charge in [0.15, 0.2) is 0 Å². The van der Waals surface area contributed by atoms with E-state index in [2.05, 4.69) is 56.3 Å². The summed E-state index contributed by atoms with van der Waals surface area (Å²) < 4.78 is 0. The lowest BCUT2D eigenvalue weighted by atomic mass is 9.67. The average Bonchev–Trinajstić information content (AvgIpc) is 2.50. The fourth-order valence-electron chi connectivity index (χ4n) is 2.84. The van der Waals surface area contributed by atoms with Gasteiger partial charge in [-0.1, -0.05) is 70.2 Å². The molecule has 100 valence electrons. The summed E-state index contributed by atoms with van der Waals surface area (Å²) >= 11 is 0. The maximum atomic E-state index is 2.44. The molecular weight excluding hydrogens is 216 g/mol. The van der Waals surface area contributed by atoms with Crippen LogP contribution in [0.3, 0.4) is 0 Å². The highest BCUT2D eigenvalue weighted by Gasteiger charge is 2.32. The minimum atomic E-state index is 0.318. The van der Waals surface area contributed by atoms with Crippen molar-refractivity contribution in [2.75, 3.05) is 0 Å². The van der Waals surface area contributed by atoms with E-state index < -0.39 is 0 Å². The molecule has 0 aliphatic heterocycles. The second-order valence-corrected chi connectivity index (χ2v) is 5.10. The molecule has 0 saturated heterocycles. The summed E-state index contributed by atoms with van der Waals surface area (Å²) in [5.41, 5.74) is 1.81. The molecule has 1 aromatic rings. The highest BCUT2D eigenvalue weighted by molar-refractivity contribution is 5.27. The van der Waals surface area contributed by atoms with Gasteiger partial charge in [-0.15, -0.1) is 0 Å². The van der Waals surface area contributed by atoms with E-state index in [0.29, 0.717) is 11.3 Å². The molecule has 1 aliphatic rings. The van der Waals surface area contributed by atoms with Crippen LogP contribution in [0.2, 0.25) is 0 Å². The van der Waals surface area contributed by atoms with Crippen LogP contribution in [0.25, 0.3) is 0 Å². The van der Waals surface area contributed by atoms with Crippen LogP contribution in [0.15, 0.2) is 42.5 Å². The Hall–Kier alpha value is -1.04. The molecule has 0 saturated carbocycles. The van der Waals surface area contributed by atoms with Crippen LogP contribution in [0.4, 0.5) is 0 Å². The van der Waals surface area contributed by atoms with Crippen molar-refractivity contribution >= 4 is 0 Å². The van der Waals surface area contributed by atoms with Crippen LogP contribution in [0.1, 0.15) is 58.9 Å². The third-order valence-electron chi connectivity index (χ3n) is 4.24. The molecule has 2 unspecified atom stereocenters. The molecule has 0 aromatic heterocycles. The first-order valence-electron chi connectivity index (χ1n) is 7.49. The normalized spacial score (nSPS) is 21.7. The molecule has 1 aliphatic carbocycles. The van der Waals surface area contributed by atoms with Gasteiger partial charge in [0.2, 0.25) is 0 Å². The second kappa shape index (κ2) is 7.41. The van der Waals surface area contributed by atoms with E-state index in [1.54, 1.807) is 0 Å². The lowest BCUT2D eigenvalue weighted by Gasteiger charge is -2.37. The van der Waals surface area contributed by atoms with Gasteiger partial charge in [-0.05, 0) is 42.6 Å². The van der Waals surface area contributed by atoms with E-state index in [-0.39, 0.29) is 0 Å². The van der Waals surface area contributed by atoms with E-state index in [1.165, 1.54) is 31.2 Å². The van der Waals surface area contributed by atoms with Crippen LogP contribution in [0, 0.1) is 5.92 Å². The number of benzene rings is 1. The highest BCUT2D eigenvalue weighted by atomic mass is 14.4. The zero-order valence-electron chi connectivity index (χ0n) is 12.4. The average molecular weight is 244 g/mol. The van der Waals surface area contributed by atoms with Crippen LogP contribution < -0.4 is 0 Å². The second-order valence-electron chi connectivity index (χ2n) is 5.10. The van der Waals surface area contributed by atoms with Crippen molar-refractivity contribution in [3.63, 3.8) is 0 Å². The van der Waals surface area contributed by atoms with Crippen molar-refractivity contribution in [1.29, 1.82) is 0 Å². The first-order valence-corrected chi connectivity index (χ1v) is 7.49. The summed E-state index contributed by atoms with van der Waals surface area (Å²) in [5.74, 6) is 0.716. The van der Waals surface area contributed by atoms with E-state index in [4.69, 9.17) is 0 Å². The Bertz CT molecular complexity index is 350. The molecule has 0 amide bonds. The highest BCUT2D eigenvalue weighted by Crippen LogP contribution is 2.40. The first-order chi connectivity index (χ1) is 8.77. The Labute approximate surface area is 113 Å². The monoisotopic (exact) mass is 244 g/mol. The zero-order valence-corrected chi connectivity index (χ0v) is 12.4. The fraction of sp³-hybridized carbons (Fsp3) is 0.556. The number of allylic oxidation sites excluding steroid dienone is 2. The minimum Gasteiger partial charge on any atom is -0.0882 e. The SMILES string of the molecule is CC.CCC(C)(c1ccccc1)C1C=CCCC1. The van der Waals surface area contributed by atoms with Crippen LogP contribution in [-0.2, 0) is 5.41 Å². The van der Waals surface area contributed by atoms with E-state index in [1.807, 2.05) is 13.8 Å². The summed E-state index contributed by atoms with van der Waals surface area (Å²) in [7, 11) is 0. The van der Waals surface area contributed by atoms with Gasteiger partial charge in [0.05, 0.1) is 0 Å². The molecule has 1 aromatic carbocycles. The quantitative estimate of drug-likeness (QED) is 0.595. The summed E-state index contributed by atoms with van der Waals surface area (Å²) in [6.45, 7) is 8.73. The third kappa shape index (κ3) is 3.25. The van der Waals surface area contributed by atoms with Gasteiger partial charge in [0.1, 0.15) is 0 Å². The van der Waals surface area contributed by atoms with Gasteiger partial charge in [0, 0.05) is 0 Å². The number of hydrogen-bond acceptors (Lipinski definition) is 0. The fourth-order valence-corrected chi connectivity index (χ4v) is 2.84. The molecule has 0 bridgehead atoms. The maximum Gasteiger partial charge on any atom is -0.00152 e. The Morgan fingerprint density at radius 3 is 2.33 bits per heavy atom. The predicted molar refractivity (Wildman–Crippen MR) is 81.9 cm³/mol. The van der Waals surface area contributed by atoms with Crippen molar-refractivity contribution in [3.8, 4) is 0 Å². The first kappa shape index (κ1) is 15.0. The Morgan fingerprint density at radius 1 is 1.17 bits per heavy atom. The van der Waals surface area contributed by atoms with E-state index >= 15 is 0 Å². The smallest absolute Gasteiger partial charge is 0.00152 e. The molecule has 0 heterocycles. The molecule has 2 atom stereocenters. The van der Waals surface area contributed by atoms with Crippen molar-refractivity contribution in [2.24, 2.45) is 5.92 Å². The Kier molecular flexibility index (Phi) is 6.18. The molecule has 0 N–H and O–H groups in total. The molecule has 2 rings (SSSR count). The topological polar surface area (TPSA) is 0 Å². The van der Waals surface area contributed by atoms with E-state index in [0.717, 1.165) is 0 Å². The standard InChI is InChI=1S/C16H22.C2H6/c1-3-16(2,14-10-6-4-7-11-14)15-12-8-5-9-13-15;1-2/h4,6-8,10-12,15H,3,5,9,13H2,1-2H3;1-2H3. The largest absolute Gasteiger partial charge is 0.0882 e. The summed E-state index contributed by atoms with van der Waals surface area (Å²) in [6.07, 6.45) is 9.99. The van der Waals surface area contributed by atoms with Gasteiger partial charge < -0.3 is 0 Å². The maximum absolute atomic E-state index is 2.44. The summed E-state index contributed by atoms with van der Waals surface area (Å²) in [6, 6.07) is 11.0. The molecule has 0 fully saturated rings. The Balaban J connectivity index is 0.000000771. The van der Waals surface area contributed by atoms with Crippen molar-refractivity contribution in [2.45, 2.75) is 58.8 Å². The van der Waals surface area contributed by atoms with Gasteiger partial charge in [-0.25, -0.2) is 0 Å². The number of hydrogen-bond donors (Lipinski definition) is 0. The molecule has 0 radical (unpaired) electrons. The summed E-state index contributed by atoms with van der Waals surface area (Å²) in [5, 5.41) is 0. The van der Waals surface area contributed by atoms with Crippen LogP contribution in [-0.4, -0.2) is 0 Å². The van der Waals surface area contributed by atoms with Gasteiger partial charge in [-0.2, -0.15) is 0 Å². The van der Waals surface area contributed by atoms with Crippen molar-refractivity contribution in [3.05, 3.63) is 48.0 Å². The van der Waals surface area contributed by atoms with Gasteiger partial charge in [-0.3, -0.25) is 0 Å². The molecule has 0 heteroatoms. The molecule has 0 nitrogen and oxygen atoms in total. The lowest BCUT2D eigenvalue weighted by Crippen LogP contribution is -2.31. The van der Waals surface area contributed by atoms with Crippen molar-refractivity contribution in [1.82, 2.24) is 0 Å². The van der Waals surface area contributed by atoms with Crippen molar-refractivity contribution < 1.29 is 0 Å². The van der Waals surface area contributed by atoms with E-state index in [9.17, 15) is 0 Å². The Morgan fingerprint density at radius 2 is 1.83 bits per heavy atom. The zero-order chi connectivity index (χ0) is 13.4. The summed E-state index contributed by atoms with van der Waals surface area (Å²) in [4.78, 5) is 0. The minimum absolute atomic E-state index is 0.318. The molecule has 18 heavy (non-hydrogen) atoms.